The fourth-order valence-electron chi connectivity index (χ4n) is 2.72. The molecule has 176 valence electrons. The summed E-state index contributed by atoms with van der Waals surface area (Å²) < 4.78 is 46.7. The first-order chi connectivity index (χ1) is 14.9. The normalized spacial score (nSPS) is 13.9. The maximum atomic E-state index is 12.1. The average Bonchev–Trinajstić information content (AvgIpc) is 3.58. The number of benzene rings is 1. The highest BCUT2D eigenvalue weighted by molar-refractivity contribution is 14.0. The summed E-state index contributed by atoms with van der Waals surface area (Å²) in [5.74, 6) is 1.97. The Hall–Kier alpha value is -2.08. The number of ether oxygens (including phenoxy) is 2. The van der Waals surface area contributed by atoms with E-state index in [-0.39, 0.29) is 30.6 Å². The standard InChI is InChI=1S/C22H27F3N4O2.HI/c1-26-21(29-12-19-8-9-20(27-11-19)31-14-18-6-7-18)28-10-16-2-4-17(5-3-16)13-30-15-22(23,24)25;/h2-5,8-9,11,18H,6-7,10,12-15H2,1H3,(H2,26,28,29);1H. The van der Waals surface area contributed by atoms with Gasteiger partial charge in [0, 0.05) is 32.4 Å². The second-order valence-corrected chi connectivity index (χ2v) is 7.46. The summed E-state index contributed by atoms with van der Waals surface area (Å²) in [5, 5.41) is 6.42. The van der Waals surface area contributed by atoms with Crippen LogP contribution in [0.25, 0.3) is 0 Å². The summed E-state index contributed by atoms with van der Waals surface area (Å²) in [7, 11) is 1.68. The number of halogens is 4. The minimum atomic E-state index is -4.31. The van der Waals surface area contributed by atoms with Gasteiger partial charge in [0.15, 0.2) is 5.96 Å². The monoisotopic (exact) mass is 564 g/mol. The lowest BCUT2D eigenvalue weighted by molar-refractivity contribution is -0.176. The SMILES string of the molecule is CN=C(NCc1ccc(COCC(F)(F)F)cc1)NCc1ccc(OCC2CC2)nc1.I. The molecule has 1 aliphatic rings. The zero-order valence-corrected chi connectivity index (χ0v) is 20.2. The smallest absolute Gasteiger partial charge is 0.411 e. The van der Waals surface area contributed by atoms with Crippen LogP contribution in [0.15, 0.2) is 47.6 Å². The maximum absolute atomic E-state index is 12.1. The Kier molecular flexibility index (Phi) is 10.5. The van der Waals surface area contributed by atoms with Crippen molar-refractivity contribution in [1.29, 1.82) is 0 Å². The number of hydrogen-bond acceptors (Lipinski definition) is 4. The van der Waals surface area contributed by atoms with Crippen molar-refractivity contribution in [3.05, 3.63) is 59.3 Å². The summed E-state index contributed by atoms with van der Waals surface area (Å²) in [6.07, 6.45) is -0.0416. The topological polar surface area (TPSA) is 67.8 Å². The molecular formula is C22H28F3IN4O2. The van der Waals surface area contributed by atoms with Gasteiger partial charge in [0.2, 0.25) is 5.88 Å². The number of nitrogens with zero attached hydrogens (tertiary/aromatic N) is 2. The third kappa shape index (κ3) is 10.0. The molecular weight excluding hydrogens is 536 g/mol. The molecule has 2 aromatic rings. The summed E-state index contributed by atoms with van der Waals surface area (Å²) in [4.78, 5) is 8.52. The van der Waals surface area contributed by atoms with E-state index in [4.69, 9.17) is 4.74 Å². The van der Waals surface area contributed by atoms with Crippen LogP contribution in [0.5, 0.6) is 5.88 Å². The first-order valence-electron chi connectivity index (χ1n) is 10.2. The van der Waals surface area contributed by atoms with Crippen molar-refractivity contribution >= 4 is 29.9 Å². The molecule has 0 aliphatic heterocycles. The molecule has 1 fully saturated rings. The molecule has 2 N–H and O–H groups in total. The molecule has 1 aliphatic carbocycles. The van der Waals surface area contributed by atoms with Gasteiger partial charge in [-0.2, -0.15) is 13.2 Å². The van der Waals surface area contributed by atoms with Crippen LogP contribution in [0.4, 0.5) is 13.2 Å². The van der Waals surface area contributed by atoms with Gasteiger partial charge in [-0.3, -0.25) is 4.99 Å². The van der Waals surface area contributed by atoms with Gasteiger partial charge in [-0.15, -0.1) is 24.0 Å². The largest absolute Gasteiger partial charge is 0.477 e. The van der Waals surface area contributed by atoms with E-state index in [0.29, 0.717) is 36.4 Å². The van der Waals surface area contributed by atoms with Crippen LogP contribution in [0.2, 0.25) is 0 Å². The van der Waals surface area contributed by atoms with Gasteiger partial charge in [0.1, 0.15) is 6.61 Å². The van der Waals surface area contributed by atoms with Crippen molar-refractivity contribution in [1.82, 2.24) is 15.6 Å². The number of aliphatic imine (C=N–C) groups is 1. The first-order valence-corrected chi connectivity index (χ1v) is 10.2. The molecule has 3 rings (SSSR count). The first kappa shape index (κ1) is 26.2. The molecule has 1 aromatic carbocycles. The average molecular weight is 564 g/mol. The second kappa shape index (κ2) is 12.8. The predicted molar refractivity (Wildman–Crippen MR) is 127 cm³/mol. The third-order valence-electron chi connectivity index (χ3n) is 4.66. The molecule has 10 heteroatoms. The number of guanidine groups is 1. The van der Waals surface area contributed by atoms with E-state index < -0.39 is 12.8 Å². The van der Waals surface area contributed by atoms with Crippen molar-refractivity contribution in [2.75, 3.05) is 20.3 Å². The lowest BCUT2D eigenvalue weighted by Gasteiger charge is -2.13. The van der Waals surface area contributed by atoms with E-state index in [1.165, 1.54) is 12.8 Å². The van der Waals surface area contributed by atoms with Gasteiger partial charge in [-0.05, 0) is 35.4 Å². The van der Waals surface area contributed by atoms with Gasteiger partial charge in [0.05, 0.1) is 13.2 Å². The quantitative estimate of drug-likeness (QED) is 0.254. The molecule has 1 saturated carbocycles. The lowest BCUT2D eigenvalue weighted by Crippen LogP contribution is -2.36. The Bertz CT molecular complexity index is 842. The van der Waals surface area contributed by atoms with Gasteiger partial charge < -0.3 is 20.1 Å². The number of pyridine rings is 1. The van der Waals surface area contributed by atoms with Crippen LogP contribution in [-0.2, 0) is 24.4 Å². The maximum Gasteiger partial charge on any atom is 0.411 e. The number of aromatic nitrogens is 1. The highest BCUT2D eigenvalue weighted by Gasteiger charge is 2.27. The molecule has 1 aromatic heterocycles. The van der Waals surface area contributed by atoms with Crippen molar-refractivity contribution < 1.29 is 22.6 Å². The van der Waals surface area contributed by atoms with Gasteiger partial charge in [-0.25, -0.2) is 4.98 Å². The Morgan fingerprint density at radius 2 is 1.66 bits per heavy atom. The minimum absolute atomic E-state index is 0. The van der Waals surface area contributed by atoms with Crippen LogP contribution in [0.3, 0.4) is 0 Å². The summed E-state index contributed by atoms with van der Waals surface area (Å²) in [6, 6.07) is 11.0. The summed E-state index contributed by atoms with van der Waals surface area (Å²) in [6.45, 7) is 0.502. The number of nitrogens with one attached hydrogen (secondary N) is 2. The van der Waals surface area contributed by atoms with Crippen LogP contribution in [-0.4, -0.2) is 37.4 Å². The summed E-state index contributed by atoms with van der Waals surface area (Å²) >= 11 is 0. The van der Waals surface area contributed by atoms with Crippen molar-refractivity contribution in [3.63, 3.8) is 0 Å². The van der Waals surface area contributed by atoms with E-state index in [1.54, 1.807) is 25.4 Å². The minimum Gasteiger partial charge on any atom is -0.477 e. The Morgan fingerprint density at radius 3 is 2.22 bits per heavy atom. The number of alkyl halides is 3. The van der Waals surface area contributed by atoms with E-state index in [0.717, 1.165) is 17.7 Å². The lowest BCUT2D eigenvalue weighted by atomic mass is 10.1. The fraction of sp³-hybridized carbons (Fsp3) is 0.455. The zero-order valence-electron chi connectivity index (χ0n) is 17.8. The molecule has 0 amide bonds. The van der Waals surface area contributed by atoms with Crippen LogP contribution < -0.4 is 15.4 Å². The fourth-order valence-corrected chi connectivity index (χ4v) is 2.72. The Labute approximate surface area is 203 Å². The second-order valence-electron chi connectivity index (χ2n) is 7.46. The van der Waals surface area contributed by atoms with Crippen molar-refractivity contribution in [2.45, 2.75) is 38.7 Å². The zero-order chi connectivity index (χ0) is 22.1. The molecule has 0 spiro atoms. The molecule has 0 bridgehead atoms. The Morgan fingerprint density at radius 1 is 1.03 bits per heavy atom. The van der Waals surface area contributed by atoms with Crippen LogP contribution >= 0.6 is 24.0 Å². The molecule has 1 heterocycles. The predicted octanol–water partition coefficient (Wildman–Crippen LogP) is 4.43. The van der Waals surface area contributed by atoms with Gasteiger partial charge >= 0.3 is 6.18 Å². The highest BCUT2D eigenvalue weighted by atomic mass is 127. The van der Waals surface area contributed by atoms with Crippen LogP contribution in [0.1, 0.15) is 29.5 Å². The van der Waals surface area contributed by atoms with E-state index in [1.807, 2.05) is 24.3 Å². The number of rotatable bonds is 10. The van der Waals surface area contributed by atoms with E-state index >= 15 is 0 Å². The van der Waals surface area contributed by atoms with E-state index in [9.17, 15) is 13.2 Å². The Balaban J connectivity index is 0.00000363. The van der Waals surface area contributed by atoms with Crippen molar-refractivity contribution in [2.24, 2.45) is 10.9 Å². The number of hydrogen-bond donors (Lipinski definition) is 2. The van der Waals surface area contributed by atoms with E-state index in [2.05, 4.69) is 25.3 Å². The summed E-state index contributed by atoms with van der Waals surface area (Å²) in [5.41, 5.74) is 2.67. The van der Waals surface area contributed by atoms with Crippen molar-refractivity contribution in [3.8, 4) is 5.88 Å². The molecule has 0 atom stereocenters. The molecule has 6 nitrogen and oxygen atoms in total. The molecule has 0 saturated heterocycles. The van der Waals surface area contributed by atoms with Gasteiger partial charge in [-0.1, -0.05) is 30.3 Å². The highest BCUT2D eigenvalue weighted by Crippen LogP contribution is 2.29. The third-order valence-corrected chi connectivity index (χ3v) is 4.66. The molecule has 32 heavy (non-hydrogen) atoms. The van der Waals surface area contributed by atoms with Gasteiger partial charge in [0.25, 0.3) is 0 Å². The molecule has 0 unspecified atom stereocenters. The van der Waals surface area contributed by atoms with Crippen LogP contribution in [0, 0.1) is 5.92 Å². The molecule has 0 radical (unpaired) electrons.